The fraction of sp³-hybridized carbons (Fsp3) is 0.0714. The van der Waals surface area contributed by atoms with Gasteiger partial charge in [-0.3, -0.25) is 4.72 Å². The average Bonchev–Trinajstić information content (AvgIpc) is 2.40. The van der Waals surface area contributed by atoms with E-state index in [9.17, 15) is 22.0 Å². The molecule has 0 bridgehead atoms. The van der Waals surface area contributed by atoms with Gasteiger partial charge in [-0.2, -0.15) is 0 Å². The molecular weight excluding hydrogens is 396 g/mol. The first-order valence-electron chi connectivity index (χ1n) is 6.13. The molecule has 0 unspecified atom stereocenters. The first kappa shape index (κ1) is 17.4. The molecule has 0 fully saturated rings. The Hall–Kier alpha value is -2.00. The highest BCUT2D eigenvalue weighted by atomic mass is 79.9. The molecule has 0 aliphatic carbocycles. The summed E-state index contributed by atoms with van der Waals surface area (Å²) in [5.41, 5.74) is -0.694. The summed E-state index contributed by atoms with van der Waals surface area (Å²) in [5.74, 6) is -4.16. The molecule has 2 aromatic carbocycles. The summed E-state index contributed by atoms with van der Waals surface area (Å²) in [6.45, 7) is 1.76. The standard InChI is InChI=1S/C14H10BrF2NO4S/c1-7-2-3-13(9(15)4-7)23(21,22)18-12-5-8(14(19)20)10(16)6-11(12)17/h2-6,18H,1H3,(H,19,20). The third-order valence-electron chi connectivity index (χ3n) is 2.91. The number of hydrogen-bond donors (Lipinski definition) is 2. The summed E-state index contributed by atoms with van der Waals surface area (Å²) in [6, 6.07) is 5.31. The molecule has 0 aliphatic rings. The van der Waals surface area contributed by atoms with E-state index in [4.69, 9.17) is 5.11 Å². The zero-order valence-electron chi connectivity index (χ0n) is 11.6. The second-order valence-corrected chi connectivity index (χ2v) is 7.16. The lowest BCUT2D eigenvalue weighted by Crippen LogP contribution is -2.16. The van der Waals surface area contributed by atoms with Crippen LogP contribution >= 0.6 is 15.9 Å². The number of benzene rings is 2. The number of halogens is 3. The highest BCUT2D eigenvalue weighted by Crippen LogP contribution is 2.27. The van der Waals surface area contributed by atoms with E-state index in [1.165, 1.54) is 6.07 Å². The second-order valence-electron chi connectivity index (χ2n) is 4.66. The predicted molar refractivity (Wildman–Crippen MR) is 83.0 cm³/mol. The van der Waals surface area contributed by atoms with E-state index in [2.05, 4.69) is 15.9 Å². The van der Waals surface area contributed by atoms with Gasteiger partial charge in [0.05, 0.1) is 11.3 Å². The number of hydrogen-bond acceptors (Lipinski definition) is 3. The second kappa shape index (κ2) is 6.25. The Bertz CT molecular complexity index is 900. The van der Waals surface area contributed by atoms with E-state index < -0.39 is 38.9 Å². The van der Waals surface area contributed by atoms with Crippen molar-refractivity contribution in [3.8, 4) is 0 Å². The van der Waals surface area contributed by atoms with E-state index in [0.29, 0.717) is 12.1 Å². The first-order chi connectivity index (χ1) is 10.6. The highest BCUT2D eigenvalue weighted by molar-refractivity contribution is 9.10. The van der Waals surface area contributed by atoms with Crippen molar-refractivity contribution in [2.24, 2.45) is 0 Å². The molecule has 9 heteroatoms. The van der Waals surface area contributed by atoms with Crippen molar-refractivity contribution < 1.29 is 27.1 Å². The Balaban J connectivity index is 2.49. The molecule has 0 atom stereocenters. The van der Waals surface area contributed by atoms with Crippen LogP contribution in [0.1, 0.15) is 15.9 Å². The molecule has 0 saturated carbocycles. The lowest BCUT2D eigenvalue weighted by atomic mass is 10.2. The molecule has 2 rings (SSSR count). The van der Waals surface area contributed by atoms with Gasteiger partial charge in [0.2, 0.25) is 0 Å². The number of carbonyl (C=O) groups is 1. The van der Waals surface area contributed by atoms with Crippen molar-refractivity contribution in [1.29, 1.82) is 0 Å². The minimum absolute atomic E-state index is 0.163. The van der Waals surface area contributed by atoms with E-state index in [1.807, 2.05) is 4.72 Å². The van der Waals surface area contributed by atoms with Crippen LogP contribution in [-0.2, 0) is 10.0 Å². The number of sulfonamides is 1. The van der Waals surface area contributed by atoms with Crippen LogP contribution in [0.15, 0.2) is 39.7 Å². The zero-order valence-corrected chi connectivity index (χ0v) is 14.0. The van der Waals surface area contributed by atoms with Crippen molar-refractivity contribution in [2.45, 2.75) is 11.8 Å². The lowest BCUT2D eigenvalue weighted by molar-refractivity contribution is 0.0692. The first-order valence-corrected chi connectivity index (χ1v) is 8.41. The number of carboxylic acids is 1. The maximum Gasteiger partial charge on any atom is 0.338 e. The van der Waals surface area contributed by atoms with Crippen molar-refractivity contribution in [1.82, 2.24) is 0 Å². The SMILES string of the molecule is Cc1ccc(S(=O)(=O)Nc2cc(C(=O)O)c(F)cc2F)c(Br)c1. The third-order valence-corrected chi connectivity index (χ3v) is 5.25. The largest absolute Gasteiger partial charge is 0.478 e. The third kappa shape index (κ3) is 3.67. The van der Waals surface area contributed by atoms with Crippen molar-refractivity contribution >= 4 is 37.6 Å². The molecule has 0 radical (unpaired) electrons. The molecule has 0 saturated heterocycles. The van der Waals surface area contributed by atoms with Crippen LogP contribution in [0, 0.1) is 18.6 Å². The van der Waals surface area contributed by atoms with Crippen molar-refractivity contribution in [3.05, 3.63) is 57.6 Å². The summed E-state index contributed by atoms with van der Waals surface area (Å²) >= 11 is 3.10. The quantitative estimate of drug-likeness (QED) is 0.814. The summed E-state index contributed by atoms with van der Waals surface area (Å²) in [7, 11) is -4.19. The predicted octanol–water partition coefficient (Wildman–Crippen LogP) is 3.53. The normalized spacial score (nSPS) is 11.3. The average molecular weight is 406 g/mol. The van der Waals surface area contributed by atoms with E-state index >= 15 is 0 Å². The van der Waals surface area contributed by atoms with E-state index in [0.717, 1.165) is 5.56 Å². The Morgan fingerprint density at radius 1 is 1.17 bits per heavy atom. The number of anilines is 1. The molecule has 23 heavy (non-hydrogen) atoms. The minimum Gasteiger partial charge on any atom is -0.478 e. The van der Waals surface area contributed by atoms with Gasteiger partial charge in [-0.05, 0) is 46.6 Å². The maximum atomic E-state index is 13.7. The van der Waals surface area contributed by atoms with Gasteiger partial charge in [-0.1, -0.05) is 6.07 Å². The Labute approximate surface area is 139 Å². The van der Waals surface area contributed by atoms with Gasteiger partial charge < -0.3 is 5.11 Å². The van der Waals surface area contributed by atoms with Crippen LogP contribution in [-0.4, -0.2) is 19.5 Å². The van der Waals surface area contributed by atoms with Gasteiger partial charge in [0.15, 0.2) is 0 Å². The summed E-state index contributed by atoms with van der Waals surface area (Å²) < 4.78 is 53.9. The van der Waals surface area contributed by atoms with Gasteiger partial charge in [0, 0.05) is 10.5 Å². The molecule has 0 heterocycles. The van der Waals surface area contributed by atoms with Crippen molar-refractivity contribution in [3.63, 3.8) is 0 Å². The molecule has 2 aromatic rings. The lowest BCUT2D eigenvalue weighted by Gasteiger charge is -2.12. The molecule has 5 nitrogen and oxygen atoms in total. The van der Waals surface area contributed by atoms with Crippen LogP contribution < -0.4 is 4.72 Å². The van der Waals surface area contributed by atoms with Crippen LogP contribution in [0.5, 0.6) is 0 Å². The summed E-state index contributed by atoms with van der Waals surface area (Å²) in [5, 5.41) is 8.82. The van der Waals surface area contributed by atoms with Crippen molar-refractivity contribution in [2.75, 3.05) is 4.72 Å². The van der Waals surface area contributed by atoms with Crippen LogP contribution in [0.25, 0.3) is 0 Å². The molecule has 0 amide bonds. The number of carboxylic acid groups (broad SMARTS) is 1. The molecular formula is C14H10BrF2NO4S. The van der Waals surface area contributed by atoms with Crippen LogP contribution in [0.3, 0.4) is 0 Å². The highest BCUT2D eigenvalue weighted by Gasteiger charge is 2.22. The molecule has 0 spiro atoms. The topological polar surface area (TPSA) is 83.5 Å². The molecule has 0 aliphatic heterocycles. The number of rotatable bonds is 4. The number of aromatic carboxylic acids is 1. The van der Waals surface area contributed by atoms with E-state index in [-0.39, 0.29) is 9.37 Å². The molecule has 0 aromatic heterocycles. The van der Waals surface area contributed by atoms with Crippen LogP contribution in [0.4, 0.5) is 14.5 Å². The fourth-order valence-corrected chi connectivity index (χ4v) is 4.07. The van der Waals surface area contributed by atoms with Crippen LogP contribution in [0.2, 0.25) is 0 Å². The summed E-state index contributed by atoms with van der Waals surface area (Å²) in [6.07, 6.45) is 0. The van der Waals surface area contributed by atoms with Gasteiger partial charge >= 0.3 is 5.97 Å². The smallest absolute Gasteiger partial charge is 0.338 e. The fourth-order valence-electron chi connectivity index (χ4n) is 1.81. The monoisotopic (exact) mass is 405 g/mol. The Kier molecular flexibility index (Phi) is 4.71. The minimum atomic E-state index is -4.19. The maximum absolute atomic E-state index is 13.7. The molecule has 2 N–H and O–H groups in total. The zero-order chi connectivity index (χ0) is 17.4. The van der Waals surface area contributed by atoms with Gasteiger partial charge in [0.1, 0.15) is 16.5 Å². The van der Waals surface area contributed by atoms with Gasteiger partial charge in [-0.15, -0.1) is 0 Å². The van der Waals surface area contributed by atoms with Gasteiger partial charge in [-0.25, -0.2) is 22.0 Å². The van der Waals surface area contributed by atoms with Gasteiger partial charge in [0.25, 0.3) is 10.0 Å². The molecule has 122 valence electrons. The number of aryl methyl sites for hydroxylation is 1. The summed E-state index contributed by atoms with van der Waals surface area (Å²) in [4.78, 5) is 10.7. The Morgan fingerprint density at radius 2 is 1.83 bits per heavy atom. The van der Waals surface area contributed by atoms with E-state index in [1.54, 1.807) is 19.1 Å². The number of nitrogens with one attached hydrogen (secondary N) is 1. The Morgan fingerprint density at radius 3 is 2.39 bits per heavy atom.